The normalized spacial score (nSPS) is 10.3. The lowest BCUT2D eigenvalue weighted by Gasteiger charge is -2.09. The first-order valence-corrected chi connectivity index (χ1v) is 6.51. The predicted octanol–water partition coefficient (Wildman–Crippen LogP) is 3.68. The van der Waals surface area contributed by atoms with Crippen molar-refractivity contribution in [2.45, 2.75) is 20.4 Å². The summed E-state index contributed by atoms with van der Waals surface area (Å²) in [4.78, 5) is 13.4. The minimum atomic E-state index is -0.898. The summed E-state index contributed by atoms with van der Waals surface area (Å²) in [7, 11) is 0. The first-order valence-electron chi connectivity index (χ1n) is 5.69. The third kappa shape index (κ3) is 2.90. The standard InChI is InChI=1S/C14H15NO2S/c1-9-3-5-11(14(16)17)7-13(9)15-8-12-6-4-10(2)18-12/h3-7,15H,8H2,1-2H3,(H,16,17). The number of hydrogen-bond donors (Lipinski definition) is 2. The fraction of sp³-hybridized carbons (Fsp3) is 0.214. The van der Waals surface area contributed by atoms with Crippen LogP contribution in [0.25, 0.3) is 0 Å². The third-order valence-corrected chi connectivity index (χ3v) is 3.73. The van der Waals surface area contributed by atoms with Gasteiger partial charge in [0.1, 0.15) is 0 Å². The van der Waals surface area contributed by atoms with E-state index in [1.165, 1.54) is 9.75 Å². The molecule has 2 rings (SSSR count). The van der Waals surface area contributed by atoms with Gasteiger partial charge in [-0.3, -0.25) is 0 Å². The Morgan fingerprint density at radius 1 is 1.28 bits per heavy atom. The third-order valence-electron chi connectivity index (χ3n) is 2.73. The summed E-state index contributed by atoms with van der Waals surface area (Å²) in [5.74, 6) is -0.898. The highest BCUT2D eigenvalue weighted by atomic mass is 32.1. The lowest BCUT2D eigenvalue weighted by molar-refractivity contribution is 0.0697. The SMILES string of the molecule is Cc1ccc(CNc2cc(C(=O)O)ccc2C)s1. The van der Waals surface area contributed by atoms with E-state index in [0.29, 0.717) is 5.56 Å². The zero-order valence-corrected chi connectivity index (χ0v) is 11.2. The number of thiophene rings is 1. The van der Waals surface area contributed by atoms with Gasteiger partial charge in [0.25, 0.3) is 0 Å². The maximum Gasteiger partial charge on any atom is 0.335 e. The zero-order chi connectivity index (χ0) is 13.1. The highest BCUT2D eigenvalue weighted by Gasteiger charge is 2.06. The van der Waals surface area contributed by atoms with Crippen LogP contribution in [0.4, 0.5) is 5.69 Å². The molecule has 0 spiro atoms. The number of hydrogen-bond acceptors (Lipinski definition) is 3. The lowest BCUT2D eigenvalue weighted by Crippen LogP contribution is -2.02. The maximum atomic E-state index is 10.9. The Morgan fingerprint density at radius 3 is 2.67 bits per heavy atom. The second-order valence-electron chi connectivity index (χ2n) is 4.20. The molecule has 1 aromatic carbocycles. The number of aromatic carboxylic acids is 1. The van der Waals surface area contributed by atoms with Crippen molar-refractivity contribution in [3.8, 4) is 0 Å². The average molecular weight is 261 g/mol. The van der Waals surface area contributed by atoms with Gasteiger partial charge in [-0.05, 0) is 43.7 Å². The Morgan fingerprint density at radius 2 is 2.06 bits per heavy atom. The fourth-order valence-corrected chi connectivity index (χ4v) is 2.54. The molecule has 2 aromatic rings. The topological polar surface area (TPSA) is 49.3 Å². The van der Waals surface area contributed by atoms with Crippen molar-refractivity contribution in [1.29, 1.82) is 0 Å². The molecule has 3 nitrogen and oxygen atoms in total. The minimum absolute atomic E-state index is 0.311. The van der Waals surface area contributed by atoms with E-state index in [-0.39, 0.29) is 0 Å². The second kappa shape index (κ2) is 5.23. The lowest BCUT2D eigenvalue weighted by atomic mass is 10.1. The van der Waals surface area contributed by atoms with Gasteiger partial charge in [0.05, 0.1) is 5.56 Å². The van der Waals surface area contributed by atoms with Gasteiger partial charge in [-0.15, -0.1) is 11.3 Å². The van der Waals surface area contributed by atoms with Gasteiger partial charge in [0.15, 0.2) is 0 Å². The van der Waals surface area contributed by atoms with E-state index in [9.17, 15) is 4.79 Å². The van der Waals surface area contributed by atoms with E-state index in [0.717, 1.165) is 17.8 Å². The molecule has 0 radical (unpaired) electrons. The van der Waals surface area contributed by atoms with Crippen molar-refractivity contribution in [3.05, 3.63) is 51.2 Å². The molecule has 1 heterocycles. The molecular weight excluding hydrogens is 246 g/mol. The number of rotatable bonds is 4. The van der Waals surface area contributed by atoms with Gasteiger partial charge in [0.2, 0.25) is 0 Å². The number of aryl methyl sites for hydroxylation is 2. The predicted molar refractivity (Wildman–Crippen MR) is 74.5 cm³/mol. The Bertz CT molecular complexity index is 575. The number of carboxylic acids is 1. The molecule has 0 unspecified atom stereocenters. The molecule has 0 aliphatic heterocycles. The van der Waals surface area contributed by atoms with E-state index in [2.05, 4.69) is 24.4 Å². The van der Waals surface area contributed by atoms with Gasteiger partial charge < -0.3 is 10.4 Å². The van der Waals surface area contributed by atoms with Crippen LogP contribution in [0.2, 0.25) is 0 Å². The van der Waals surface area contributed by atoms with E-state index in [1.54, 1.807) is 23.5 Å². The highest BCUT2D eigenvalue weighted by molar-refractivity contribution is 7.11. The molecule has 18 heavy (non-hydrogen) atoms. The van der Waals surface area contributed by atoms with Crippen molar-refractivity contribution >= 4 is 23.0 Å². The quantitative estimate of drug-likeness (QED) is 0.882. The summed E-state index contributed by atoms with van der Waals surface area (Å²) >= 11 is 1.74. The van der Waals surface area contributed by atoms with Crippen LogP contribution in [-0.2, 0) is 6.54 Å². The van der Waals surface area contributed by atoms with Crippen molar-refractivity contribution < 1.29 is 9.90 Å². The molecular formula is C14H15NO2S. The van der Waals surface area contributed by atoms with Gasteiger partial charge in [-0.1, -0.05) is 6.07 Å². The van der Waals surface area contributed by atoms with Crippen LogP contribution in [-0.4, -0.2) is 11.1 Å². The molecule has 1 aromatic heterocycles. The number of carbonyl (C=O) groups is 1. The van der Waals surface area contributed by atoms with Crippen LogP contribution in [0.15, 0.2) is 30.3 Å². The molecule has 0 atom stereocenters. The number of carboxylic acid groups (broad SMARTS) is 1. The minimum Gasteiger partial charge on any atom is -0.478 e. The molecule has 4 heteroatoms. The highest BCUT2D eigenvalue weighted by Crippen LogP contribution is 2.20. The van der Waals surface area contributed by atoms with Gasteiger partial charge in [-0.25, -0.2) is 4.79 Å². The largest absolute Gasteiger partial charge is 0.478 e. The summed E-state index contributed by atoms with van der Waals surface area (Å²) in [6.07, 6.45) is 0. The number of anilines is 1. The van der Waals surface area contributed by atoms with E-state index in [4.69, 9.17) is 5.11 Å². The summed E-state index contributed by atoms with van der Waals surface area (Å²) in [5, 5.41) is 12.2. The molecule has 0 amide bonds. The van der Waals surface area contributed by atoms with Crippen molar-refractivity contribution in [1.82, 2.24) is 0 Å². The maximum absolute atomic E-state index is 10.9. The van der Waals surface area contributed by atoms with Crippen LogP contribution in [0.5, 0.6) is 0 Å². The van der Waals surface area contributed by atoms with Crippen LogP contribution < -0.4 is 5.32 Å². The van der Waals surface area contributed by atoms with Gasteiger partial charge in [-0.2, -0.15) is 0 Å². The molecule has 0 saturated carbocycles. The van der Waals surface area contributed by atoms with E-state index < -0.39 is 5.97 Å². The molecule has 0 aliphatic rings. The summed E-state index contributed by atoms with van der Waals surface area (Å²) in [6, 6.07) is 9.30. The van der Waals surface area contributed by atoms with Crippen LogP contribution in [0, 0.1) is 13.8 Å². The Labute approximate surface area is 110 Å². The molecule has 0 fully saturated rings. The number of nitrogens with one attached hydrogen (secondary N) is 1. The van der Waals surface area contributed by atoms with Crippen LogP contribution >= 0.6 is 11.3 Å². The van der Waals surface area contributed by atoms with E-state index in [1.807, 2.05) is 13.0 Å². The van der Waals surface area contributed by atoms with Gasteiger partial charge in [0, 0.05) is 22.0 Å². The summed E-state index contributed by atoms with van der Waals surface area (Å²) < 4.78 is 0. The first-order chi connectivity index (χ1) is 8.56. The summed E-state index contributed by atoms with van der Waals surface area (Å²) in [6.45, 7) is 4.76. The molecule has 94 valence electrons. The van der Waals surface area contributed by atoms with Crippen molar-refractivity contribution in [3.63, 3.8) is 0 Å². The Hall–Kier alpha value is -1.81. The molecule has 2 N–H and O–H groups in total. The molecule has 0 bridgehead atoms. The smallest absolute Gasteiger partial charge is 0.335 e. The average Bonchev–Trinajstić information content (AvgIpc) is 2.74. The van der Waals surface area contributed by atoms with Crippen molar-refractivity contribution in [2.75, 3.05) is 5.32 Å². The second-order valence-corrected chi connectivity index (χ2v) is 5.57. The number of benzene rings is 1. The van der Waals surface area contributed by atoms with Crippen molar-refractivity contribution in [2.24, 2.45) is 0 Å². The molecule has 0 aliphatic carbocycles. The van der Waals surface area contributed by atoms with Crippen LogP contribution in [0.3, 0.4) is 0 Å². The first kappa shape index (κ1) is 12.6. The fourth-order valence-electron chi connectivity index (χ4n) is 1.71. The zero-order valence-electron chi connectivity index (χ0n) is 10.4. The monoisotopic (exact) mass is 261 g/mol. The van der Waals surface area contributed by atoms with Crippen LogP contribution in [0.1, 0.15) is 25.7 Å². The summed E-state index contributed by atoms with van der Waals surface area (Å²) in [5.41, 5.74) is 2.24. The van der Waals surface area contributed by atoms with E-state index >= 15 is 0 Å². The van der Waals surface area contributed by atoms with Gasteiger partial charge >= 0.3 is 5.97 Å². The molecule has 0 saturated heterocycles. The Kier molecular flexibility index (Phi) is 3.67. The Balaban J connectivity index is 2.13.